The molecule has 0 aliphatic carbocycles. The molecule has 0 bridgehead atoms. The molecule has 0 unspecified atom stereocenters. The Hall–Kier alpha value is -2.49. The number of hydrogen-bond acceptors (Lipinski definition) is 3. The summed E-state index contributed by atoms with van der Waals surface area (Å²) in [5.41, 5.74) is 9.15. The van der Waals surface area contributed by atoms with Crippen LogP contribution in [0.3, 0.4) is 0 Å². The van der Waals surface area contributed by atoms with E-state index in [9.17, 15) is 4.79 Å². The number of carbonyl (C=O) groups is 1. The van der Waals surface area contributed by atoms with Crippen molar-refractivity contribution in [1.29, 1.82) is 0 Å². The molecule has 2 aromatic rings. The summed E-state index contributed by atoms with van der Waals surface area (Å²) in [5, 5.41) is 2.91. The minimum Gasteiger partial charge on any atom is -0.493 e. The molecule has 0 aromatic heterocycles. The number of anilines is 1. The summed E-state index contributed by atoms with van der Waals surface area (Å²) in [6.45, 7) is 4.81. The molecule has 110 valence electrons. The predicted octanol–water partition coefficient (Wildman–Crippen LogP) is 2.91. The highest BCUT2D eigenvalue weighted by Gasteiger charge is 2.12. The van der Waals surface area contributed by atoms with E-state index in [1.165, 1.54) is 0 Å². The van der Waals surface area contributed by atoms with E-state index in [1.54, 1.807) is 12.1 Å². The number of benzene rings is 2. The van der Waals surface area contributed by atoms with Crippen LogP contribution in [-0.4, -0.2) is 12.5 Å². The molecular weight excluding hydrogens is 264 g/mol. The number of rotatable bonds is 5. The van der Waals surface area contributed by atoms with E-state index in [2.05, 4.69) is 5.32 Å². The van der Waals surface area contributed by atoms with Crippen LogP contribution in [0.1, 0.15) is 28.4 Å². The number of para-hydroxylation sites is 1. The summed E-state index contributed by atoms with van der Waals surface area (Å²) in [5.74, 6) is 0.447. The maximum atomic E-state index is 12.3. The fraction of sp³-hybridized carbons (Fsp3) is 0.235. The molecule has 2 rings (SSSR count). The molecule has 0 atom stereocenters. The van der Waals surface area contributed by atoms with Gasteiger partial charge in [0.2, 0.25) is 0 Å². The molecule has 2 aromatic carbocycles. The molecule has 0 aliphatic rings. The van der Waals surface area contributed by atoms with Gasteiger partial charge in [0.15, 0.2) is 0 Å². The molecule has 3 N–H and O–H groups in total. The lowest BCUT2D eigenvalue weighted by Crippen LogP contribution is -2.24. The van der Waals surface area contributed by atoms with Gasteiger partial charge in [0.25, 0.3) is 5.91 Å². The zero-order valence-electron chi connectivity index (χ0n) is 12.3. The van der Waals surface area contributed by atoms with E-state index in [0.29, 0.717) is 24.5 Å². The molecule has 0 fully saturated rings. The average molecular weight is 284 g/mol. The van der Waals surface area contributed by atoms with Gasteiger partial charge in [-0.3, -0.25) is 4.79 Å². The Morgan fingerprint density at radius 2 is 1.95 bits per heavy atom. The first-order valence-electron chi connectivity index (χ1n) is 6.97. The van der Waals surface area contributed by atoms with Crippen molar-refractivity contribution >= 4 is 11.6 Å². The van der Waals surface area contributed by atoms with E-state index < -0.39 is 0 Å². The predicted molar refractivity (Wildman–Crippen MR) is 84.4 cm³/mol. The van der Waals surface area contributed by atoms with Crippen LogP contribution in [0.25, 0.3) is 0 Å². The van der Waals surface area contributed by atoms with E-state index in [0.717, 1.165) is 16.8 Å². The third-order valence-corrected chi connectivity index (χ3v) is 3.36. The van der Waals surface area contributed by atoms with Gasteiger partial charge in [-0.15, -0.1) is 0 Å². The first-order chi connectivity index (χ1) is 10.1. The van der Waals surface area contributed by atoms with Gasteiger partial charge in [-0.05, 0) is 43.2 Å². The highest BCUT2D eigenvalue weighted by molar-refractivity contribution is 5.96. The number of nitrogens with two attached hydrogens (primary N) is 1. The van der Waals surface area contributed by atoms with Crippen molar-refractivity contribution < 1.29 is 9.53 Å². The molecule has 0 saturated carbocycles. The third-order valence-electron chi connectivity index (χ3n) is 3.36. The second-order valence-corrected chi connectivity index (χ2v) is 4.74. The molecule has 4 nitrogen and oxygen atoms in total. The lowest BCUT2D eigenvalue weighted by Gasteiger charge is -2.12. The number of amides is 1. The van der Waals surface area contributed by atoms with Crippen molar-refractivity contribution in [1.82, 2.24) is 5.32 Å². The summed E-state index contributed by atoms with van der Waals surface area (Å²) in [6, 6.07) is 12.9. The van der Waals surface area contributed by atoms with Gasteiger partial charge < -0.3 is 15.8 Å². The fourth-order valence-corrected chi connectivity index (χ4v) is 2.10. The van der Waals surface area contributed by atoms with E-state index in [-0.39, 0.29) is 5.91 Å². The quantitative estimate of drug-likeness (QED) is 0.830. The standard InChI is InChI=1S/C17H20N2O2/c1-3-21-16-10-5-4-8-14(16)17(20)19-11-13-7-6-9-15(18)12(13)2/h4-10H,3,11,18H2,1-2H3,(H,19,20). The maximum Gasteiger partial charge on any atom is 0.255 e. The van der Waals surface area contributed by atoms with Gasteiger partial charge in [0.1, 0.15) is 5.75 Å². The van der Waals surface area contributed by atoms with Crippen LogP contribution in [0.2, 0.25) is 0 Å². The highest BCUT2D eigenvalue weighted by atomic mass is 16.5. The number of ether oxygens (including phenoxy) is 1. The number of nitrogens with one attached hydrogen (secondary N) is 1. The van der Waals surface area contributed by atoms with Crippen molar-refractivity contribution in [3.63, 3.8) is 0 Å². The summed E-state index contributed by atoms with van der Waals surface area (Å²) < 4.78 is 5.47. The second kappa shape index (κ2) is 6.79. The van der Waals surface area contributed by atoms with Gasteiger partial charge >= 0.3 is 0 Å². The van der Waals surface area contributed by atoms with Crippen LogP contribution in [0.15, 0.2) is 42.5 Å². The van der Waals surface area contributed by atoms with Crippen LogP contribution >= 0.6 is 0 Å². The van der Waals surface area contributed by atoms with Crippen molar-refractivity contribution in [3.05, 3.63) is 59.2 Å². The van der Waals surface area contributed by atoms with Gasteiger partial charge in [-0.25, -0.2) is 0 Å². The third kappa shape index (κ3) is 3.54. The van der Waals surface area contributed by atoms with Gasteiger partial charge in [-0.1, -0.05) is 24.3 Å². The second-order valence-electron chi connectivity index (χ2n) is 4.74. The molecule has 21 heavy (non-hydrogen) atoms. The first-order valence-corrected chi connectivity index (χ1v) is 6.97. The Balaban J connectivity index is 2.10. The smallest absolute Gasteiger partial charge is 0.255 e. The van der Waals surface area contributed by atoms with E-state index >= 15 is 0 Å². The molecule has 0 radical (unpaired) electrons. The van der Waals surface area contributed by atoms with E-state index in [4.69, 9.17) is 10.5 Å². The normalized spacial score (nSPS) is 10.2. The lowest BCUT2D eigenvalue weighted by atomic mass is 10.1. The van der Waals surface area contributed by atoms with Crippen LogP contribution in [0.4, 0.5) is 5.69 Å². The van der Waals surface area contributed by atoms with Crippen molar-refractivity contribution in [2.45, 2.75) is 20.4 Å². The summed E-state index contributed by atoms with van der Waals surface area (Å²) in [7, 11) is 0. The molecule has 1 amide bonds. The zero-order chi connectivity index (χ0) is 15.2. The molecule has 0 aliphatic heterocycles. The molecule has 0 saturated heterocycles. The SMILES string of the molecule is CCOc1ccccc1C(=O)NCc1cccc(N)c1C. The van der Waals surface area contributed by atoms with E-state index in [1.807, 2.05) is 44.2 Å². The van der Waals surface area contributed by atoms with Crippen LogP contribution in [-0.2, 0) is 6.54 Å². The summed E-state index contributed by atoms with van der Waals surface area (Å²) in [6.07, 6.45) is 0. The Morgan fingerprint density at radius 3 is 2.71 bits per heavy atom. The van der Waals surface area contributed by atoms with Crippen LogP contribution in [0, 0.1) is 6.92 Å². The average Bonchev–Trinajstić information content (AvgIpc) is 2.49. The Kier molecular flexibility index (Phi) is 4.82. The lowest BCUT2D eigenvalue weighted by molar-refractivity contribution is 0.0947. The first kappa shape index (κ1) is 14.9. The Morgan fingerprint density at radius 1 is 1.19 bits per heavy atom. The van der Waals surface area contributed by atoms with Crippen LogP contribution < -0.4 is 15.8 Å². The summed E-state index contributed by atoms with van der Waals surface area (Å²) >= 11 is 0. The topological polar surface area (TPSA) is 64.3 Å². The molecule has 0 spiro atoms. The van der Waals surface area contributed by atoms with Gasteiger partial charge in [0.05, 0.1) is 12.2 Å². The monoisotopic (exact) mass is 284 g/mol. The van der Waals surface area contributed by atoms with Crippen molar-refractivity contribution in [2.75, 3.05) is 12.3 Å². The highest BCUT2D eigenvalue weighted by Crippen LogP contribution is 2.19. The van der Waals surface area contributed by atoms with Gasteiger partial charge in [-0.2, -0.15) is 0 Å². The number of hydrogen-bond donors (Lipinski definition) is 2. The number of carbonyl (C=O) groups excluding carboxylic acids is 1. The van der Waals surface area contributed by atoms with Crippen molar-refractivity contribution in [2.24, 2.45) is 0 Å². The van der Waals surface area contributed by atoms with Gasteiger partial charge in [0, 0.05) is 12.2 Å². The maximum absolute atomic E-state index is 12.3. The largest absolute Gasteiger partial charge is 0.493 e. The molecular formula is C17H20N2O2. The number of nitrogen functional groups attached to an aromatic ring is 1. The minimum absolute atomic E-state index is 0.152. The zero-order valence-corrected chi connectivity index (χ0v) is 12.3. The minimum atomic E-state index is -0.152. The molecule has 0 heterocycles. The summed E-state index contributed by atoms with van der Waals surface area (Å²) in [4.78, 5) is 12.3. The van der Waals surface area contributed by atoms with Crippen LogP contribution in [0.5, 0.6) is 5.75 Å². The van der Waals surface area contributed by atoms with Crippen molar-refractivity contribution in [3.8, 4) is 5.75 Å². The Bertz CT molecular complexity index is 638. The fourth-order valence-electron chi connectivity index (χ4n) is 2.10. The molecule has 4 heteroatoms. The Labute approximate surface area is 124 Å².